The number of likely N-dealkylation sites (tertiary alicyclic amines) is 1. The Morgan fingerprint density at radius 1 is 1.22 bits per heavy atom. The topological polar surface area (TPSA) is 118 Å². The highest BCUT2D eigenvalue weighted by atomic mass is 16.2. The van der Waals surface area contributed by atoms with Gasteiger partial charge in [0.2, 0.25) is 5.95 Å². The molecule has 0 radical (unpaired) electrons. The molecular formula is C23H30N8O. The molecule has 9 heteroatoms. The van der Waals surface area contributed by atoms with Crippen molar-refractivity contribution in [3.05, 3.63) is 65.1 Å². The zero-order chi connectivity index (χ0) is 22.8. The van der Waals surface area contributed by atoms with Gasteiger partial charge < -0.3 is 15.6 Å². The van der Waals surface area contributed by atoms with Gasteiger partial charge in [0, 0.05) is 44.3 Å². The number of benzene rings is 1. The molecule has 4 rings (SSSR count). The molecule has 0 saturated carbocycles. The van der Waals surface area contributed by atoms with Gasteiger partial charge in [-0.15, -0.1) is 0 Å². The summed E-state index contributed by atoms with van der Waals surface area (Å²) in [5.74, 6) is 7.53. The number of hydrazine groups is 1. The molecule has 0 spiro atoms. The lowest BCUT2D eigenvalue weighted by atomic mass is 10.1. The van der Waals surface area contributed by atoms with Gasteiger partial charge in [0.05, 0.1) is 5.69 Å². The summed E-state index contributed by atoms with van der Waals surface area (Å²) in [6.07, 6.45) is 6.78. The number of carbonyl (C=O) groups is 1. The molecule has 3 heterocycles. The molecule has 0 aliphatic carbocycles. The summed E-state index contributed by atoms with van der Waals surface area (Å²) in [7, 11) is 0. The number of carbonyl (C=O) groups excluding carboxylic acids is 1. The van der Waals surface area contributed by atoms with Crippen LogP contribution in [0.2, 0.25) is 0 Å². The van der Waals surface area contributed by atoms with Crippen LogP contribution in [-0.4, -0.2) is 44.6 Å². The maximum absolute atomic E-state index is 11.1. The third-order valence-corrected chi connectivity index (χ3v) is 5.74. The van der Waals surface area contributed by atoms with Crippen LogP contribution in [0.1, 0.15) is 28.7 Å². The van der Waals surface area contributed by atoms with Crippen molar-refractivity contribution in [2.24, 2.45) is 11.6 Å². The third kappa shape index (κ3) is 4.90. The Morgan fingerprint density at radius 3 is 2.69 bits per heavy atom. The van der Waals surface area contributed by atoms with E-state index in [0.29, 0.717) is 5.95 Å². The first-order chi connectivity index (χ1) is 15.3. The number of anilines is 2. The number of aromatic nitrogens is 3. The second-order valence-electron chi connectivity index (χ2n) is 8.53. The molecule has 1 aliphatic rings. The van der Waals surface area contributed by atoms with E-state index < -0.39 is 6.03 Å². The first-order valence-corrected chi connectivity index (χ1v) is 10.7. The highest BCUT2D eigenvalue weighted by Gasteiger charge is 2.24. The molecule has 1 aromatic carbocycles. The largest absolute Gasteiger partial charge is 0.352 e. The van der Waals surface area contributed by atoms with Gasteiger partial charge >= 0.3 is 6.03 Å². The van der Waals surface area contributed by atoms with Crippen LogP contribution >= 0.6 is 0 Å². The van der Waals surface area contributed by atoms with Crippen LogP contribution in [0.5, 0.6) is 0 Å². The molecule has 5 N–H and O–H groups in total. The van der Waals surface area contributed by atoms with E-state index in [4.69, 9.17) is 11.6 Å². The number of amides is 2. The zero-order valence-electron chi connectivity index (χ0n) is 18.7. The van der Waals surface area contributed by atoms with Gasteiger partial charge in [-0.2, -0.15) is 4.98 Å². The minimum Gasteiger partial charge on any atom is -0.352 e. The van der Waals surface area contributed by atoms with Crippen molar-refractivity contribution >= 4 is 17.7 Å². The second kappa shape index (κ2) is 8.97. The van der Waals surface area contributed by atoms with Crippen molar-refractivity contribution in [1.82, 2.24) is 24.8 Å². The van der Waals surface area contributed by atoms with Gasteiger partial charge in [0.15, 0.2) is 0 Å². The summed E-state index contributed by atoms with van der Waals surface area (Å²) in [4.78, 5) is 22.5. The van der Waals surface area contributed by atoms with Crippen molar-refractivity contribution in [2.45, 2.75) is 39.8 Å². The Labute approximate surface area is 188 Å². The monoisotopic (exact) mass is 434 g/mol. The summed E-state index contributed by atoms with van der Waals surface area (Å²) in [5, 5.41) is 4.31. The number of nitrogens with two attached hydrogens (primary N) is 2. The van der Waals surface area contributed by atoms with E-state index in [9.17, 15) is 4.79 Å². The van der Waals surface area contributed by atoms with Crippen LogP contribution < -0.4 is 21.9 Å². The van der Waals surface area contributed by atoms with Crippen molar-refractivity contribution in [1.29, 1.82) is 0 Å². The van der Waals surface area contributed by atoms with Crippen molar-refractivity contribution in [3.8, 4) is 5.82 Å². The first-order valence-electron chi connectivity index (χ1n) is 10.7. The number of hydrogen-bond acceptors (Lipinski definition) is 6. The summed E-state index contributed by atoms with van der Waals surface area (Å²) in [5.41, 5.74) is 10.7. The van der Waals surface area contributed by atoms with E-state index in [1.807, 2.05) is 36.6 Å². The van der Waals surface area contributed by atoms with Crippen LogP contribution in [0.15, 0.2) is 42.9 Å². The van der Waals surface area contributed by atoms with E-state index in [-0.39, 0.29) is 6.04 Å². The molecular weight excluding hydrogens is 404 g/mol. The normalized spacial score (nSPS) is 16.3. The molecule has 3 aromatic rings. The maximum atomic E-state index is 11.1. The number of primary amides is 1. The predicted octanol–water partition coefficient (Wildman–Crippen LogP) is 2.45. The van der Waals surface area contributed by atoms with Crippen LogP contribution in [-0.2, 0) is 6.54 Å². The quantitative estimate of drug-likeness (QED) is 0.405. The lowest BCUT2D eigenvalue weighted by Gasteiger charge is -2.18. The number of hydrogen-bond donors (Lipinski definition) is 3. The third-order valence-electron chi connectivity index (χ3n) is 5.74. The number of nitrogens with zero attached hydrogens (tertiary/aromatic N) is 5. The predicted molar refractivity (Wildman–Crippen MR) is 125 cm³/mol. The highest BCUT2D eigenvalue weighted by molar-refractivity contribution is 5.72. The molecule has 32 heavy (non-hydrogen) atoms. The summed E-state index contributed by atoms with van der Waals surface area (Å²) in [6, 6.07) is 7.64. The van der Waals surface area contributed by atoms with E-state index in [2.05, 4.69) is 45.6 Å². The Balaban J connectivity index is 1.51. The van der Waals surface area contributed by atoms with Crippen molar-refractivity contribution < 1.29 is 4.79 Å². The highest BCUT2D eigenvalue weighted by Crippen LogP contribution is 2.23. The lowest BCUT2D eigenvalue weighted by molar-refractivity contribution is 0.244. The second-order valence-corrected chi connectivity index (χ2v) is 8.53. The SMILES string of the molecule is Cc1cc(C)cc(N(N)c2nccc(-n3cc(C)c(CN4CC[C@@H](NC(N)=O)C4)c3)n2)c1. The number of rotatable bonds is 6. The molecule has 1 atom stereocenters. The van der Waals surface area contributed by atoms with Crippen LogP contribution in [0.3, 0.4) is 0 Å². The Hall–Kier alpha value is -3.43. The maximum Gasteiger partial charge on any atom is 0.312 e. The summed E-state index contributed by atoms with van der Waals surface area (Å²) in [6.45, 7) is 8.69. The fourth-order valence-electron chi connectivity index (χ4n) is 4.24. The molecule has 168 valence electrons. The van der Waals surface area contributed by atoms with Crippen molar-refractivity contribution in [2.75, 3.05) is 18.1 Å². The molecule has 2 aromatic heterocycles. The van der Waals surface area contributed by atoms with Gasteiger partial charge in [-0.25, -0.2) is 20.6 Å². The van der Waals surface area contributed by atoms with Crippen LogP contribution in [0.4, 0.5) is 16.4 Å². The molecule has 1 saturated heterocycles. The van der Waals surface area contributed by atoms with Crippen LogP contribution in [0.25, 0.3) is 5.82 Å². The van der Waals surface area contributed by atoms with E-state index in [1.165, 1.54) is 16.1 Å². The van der Waals surface area contributed by atoms with Crippen molar-refractivity contribution in [3.63, 3.8) is 0 Å². The molecule has 1 fully saturated rings. The standard InChI is InChI=1S/C23H30N8O/c1-15-8-16(2)10-20(9-15)31(25)23-26-6-4-21(28-23)30-11-17(3)18(13-30)12-29-7-5-19(14-29)27-22(24)32/h4,6,8-11,13,19H,5,7,12,14,25H2,1-3H3,(H3,24,27,32)/t19-/m1/s1. The smallest absolute Gasteiger partial charge is 0.312 e. The van der Waals surface area contributed by atoms with Gasteiger partial charge in [-0.05, 0) is 67.6 Å². The van der Waals surface area contributed by atoms with Gasteiger partial charge in [0.1, 0.15) is 5.82 Å². The van der Waals surface area contributed by atoms with Gasteiger partial charge in [-0.3, -0.25) is 4.90 Å². The zero-order valence-corrected chi connectivity index (χ0v) is 18.7. The fraction of sp³-hybridized carbons (Fsp3) is 0.348. The van der Waals surface area contributed by atoms with E-state index in [0.717, 1.165) is 48.7 Å². The average Bonchev–Trinajstić information content (AvgIpc) is 3.33. The Morgan fingerprint density at radius 2 is 1.97 bits per heavy atom. The van der Waals surface area contributed by atoms with Gasteiger partial charge in [0.25, 0.3) is 0 Å². The molecule has 0 unspecified atom stereocenters. The molecule has 1 aliphatic heterocycles. The summed E-state index contributed by atoms with van der Waals surface area (Å²) < 4.78 is 2.00. The Kier molecular flexibility index (Phi) is 6.11. The first kappa shape index (κ1) is 21.8. The lowest BCUT2D eigenvalue weighted by Crippen LogP contribution is -2.40. The number of urea groups is 1. The number of nitrogens with one attached hydrogen (secondary N) is 1. The van der Waals surface area contributed by atoms with E-state index in [1.54, 1.807) is 6.20 Å². The molecule has 0 bridgehead atoms. The Bertz CT molecular complexity index is 1100. The number of aryl methyl sites for hydroxylation is 3. The molecule has 2 amide bonds. The van der Waals surface area contributed by atoms with Gasteiger partial charge in [-0.1, -0.05) is 6.07 Å². The fourth-order valence-corrected chi connectivity index (χ4v) is 4.24. The average molecular weight is 435 g/mol. The van der Waals surface area contributed by atoms with E-state index >= 15 is 0 Å². The molecule has 9 nitrogen and oxygen atoms in total. The minimum atomic E-state index is -0.464. The van der Waals surface area contributed by atoms with Crippen LogP contribution in [0, 0.1) is 20.8 Å². The summed E-state index contributed by atoms with van der Waals surface area (Å²) >= 11 is 0. The minimum absolute atomic E-state index is 0.111.